The van der Waals surface area contributed by atoms with Gasteiger partial charge in [0.2, 0.25) is 5.91 Å². The van der Waals surface area contributed by atoms with Crippen LogP contribution in [0.4, 0.5) is 5.69 Å². The Kier molecular flexibility index (Phi) is 5.19. The molecule has 0 radical (unpaired) electrons. The quantitative estimate of drug-likeness (QED) is 0.846. The molecule has 0 atom stereocenters. The van der Waals surface area contributed by atoms with Gasteiger partial charge in [0, 0.05) is 18.4 Å². The van der Waals surface area contributed by atoms with E-state index in [0.29, 0.717) is 25.1 Å². The average Bonchev–Trinajstić information content (AvgIpc) is 2.98. The van der Waals surface area contributed by atoms with Crippen molar-refractivity contribution in [3.8, 4) is 11.8 Å². The van der Waals surface area contributed by atoms with Gasteiger partial charge in [-0.2, -0.15) is 0 Å². The molecule has 0 aliphatic heterocycles. The Balaban J connectivity index is 2.02. The highest BCUT2D eigenvalue weighted by molar-refractivity contribution is 5.92. The van der Waals surface area contributed by atoms with Gasteiger partial charge in [0.05, 0.1) is 18.5 Å². The number of nitrogens with one attached hydrogen (secondary N) is 1. The number of furan rings is 1. The number of rotatable bonds is 4. The first-order valence-electron chi connectivity index (χ1n) is 6.81. The zero-order valence-electron chi connectivity index (χ0n) is 12.0. The highest BCUT2D eigenvalue weighted by atomic mass is 16.3. The molecule has 2 aromatic rings. The molecule has 1 aromatic heterocycles. The summed E-state index contributed by atoms with van der Waals surface area (Å²) < 4.78 is 5.21. The predicted octanol–water partition coefficient (Wildman–Crippen LogP) is 2.47. The van der Waals surface area contributed by atoms with Crippen LogP contribution in [0.1, 0.15) is 23.3 Å². The van der Waals surface area contributed by atoms with E-state index in [1.807, 2.05) is 37.3 Å². The van der Waals surface area contributed by atoms with E-state index in [9.17, 15) is 4.79 Å². The molecule has 0 saturated carbocycles. The Morgan fingerprint density at radius 2 is 2.24 bits per heavy atom. The molecule has 2 rings (SSSR count). The van der Waals surface area contributed by atoms with Crippen molar-refractivity contribution < 1.29 is 9.21 Å². The summed E-state index contributed by atoms with van der Waals surface area (Å²) in [5.41, 5.74) is 7.98. The molecule has 0 aliphatic rings. The molecule has 108 valence electrons. The number of benzene rings is 1. The Bertz CT molecular complexity index is 664. The molecule has 1 aromatic carbocycles. The van der Waals surface area contributed by atoms with Crippen LogP contribution in [-0.2, 0) is 11.2 Å². The summed E-state index contributed by atoms with van der Waals surface area (Å²) in [4.78, 5) is 12.0. The fourth-order valence-corrected chi connectivity index (χ4v) is 1.92. The summed E-state index contributed by atoms with van der Waals surface area (Å²) >= 11 is 0. The fraction of sp³-hybridized carbons (Fsp3) is 0.235. The van der Waals surface area contributed by atoms with Crippen molar-refractivity contribution in [2.75, 3.05) is 11.9 Å². The predicted molar refractivity (Wildman–Crippen MR) is 82.8 cm³/mol. The number of nitrogens with two attached hydrogens (primary N) is 1. The van der Waals surface area contributed by atoms with Crippen molar-refractivity contribution in [3.63, 3.8) is 0 Å². The molecule has 0 unspecified atom stereocenters. The summed E-state index contributed by atoms with van der Waals surface area (Å²) in [5.74, 6) is 6.53. The highest BCUT2D eigenvalue weighted by Gasteiger charge is 2.07. The Morgan fingerprint density at radius 1 is 1.38 bits per heavy atom. The minimum atomic E-state index is -0.0638. The number of anilines is 1. The molecule has 4 nitrogen and oxygen atoms in total. The lowest BCUT2D eigenvalue weighted by Gasteiger charge is -2.08. The molecule has 3 N–H and O–H groups in total. The van der Waals surface area contributed by atoms with E-state index in [-0.39, 0.29) is 5.91 Å². The van der Waals surface area contributed by atoms with Crippen molar-refractivity contribution in [2.45, 2.75) is 19.8 Å². The normalized spacial score (nSPS) is 9.81. The van der Waals surface area contributed by atoms with E-state index >= 15 is 0 Å². The summed E-state index contributed by atoms with van der Waals surface area (Å²) in [5, 5.41) is 2.89. The molecule has 0 bridgehead atoms. The molecule has 0 spiro atoms. The van der Waals surface area contributed by atoms with Crippen LogP contribution in [0.5, 0.6) is 0 Å². The van der Waals surface area contributed by atoms with E-state index in [2.05, 4.69) is 17.2 Å². The summed E-state index contributed by atoms with van der Waals surface area (Å²) in [6.07, 6.45) is 2.55. The van der Waals surface area contributed by atoms with E-state index in [1.54, 1.807) is 6.26 Å². The topological polar surface area (TPSA) is 68.3 Å². The van der Waals surface area contributed by atoms with Crippen LogP contribution < -0.4 is 11.1 Å². The SMILES string of the molecule is Cc1ccc(NC(=O)CCc2ccco2)c(C#CCN)c1. The minimum Gasteiger partial charge on any atom is -0.469 e. The second kappa shape index (κ2) is 7.32. The van der Waals surface area contributed by atoms with Gasteiger partial charge in [-0.05, 0) is 36.8 Å². The van der Waals surface area contributed by atoms with E-state index in [4.69, 9.17) is 10.2 Å². The Hall–Kier alpha value is -2.51. The lowest BCUT2D eigenvalue weighted by atomic mass is 10.1. The summed E-state index contributed by atoms with van der Waals surface area (Å²) in [6.45, 7) is 2.27. The Morgan fingerprint density at radius 3 is 2.95 bits per heavy atom. The standard InChI is InChI=1S/C17H18N2O2/c1-13-6-8-16(14(12-13)4-2-10-18)19-17(20)9-7-15-5-3-11-21-15/h3,5-6,8,11-12H,7,9-10,18H2,1H3,(H,19,20). The molecule has 21 heavy (non-hydrogen) atoms. The first-order valence-corrected chi connectivity index (χ1v) is 6.81. The second-order valence-corrected chi connectivity index (χ2v) is 4.68. The van der Waals surface area contributed by atoms with Crippen LogP contribution in [0.25, 0.3) is 0 Å². The third-order valence-electron chi connectivity index (χ3n) is 2.95. The second-order valence-electron chi connectivity index (χ2n) is 4.68. The van der Waals surface area contributed by atoms with Gasteiger partial charge in [-0.25, -0.2) is 0 Å². The first-order chi connectivity index (χ1) is 10.2. The van der Waals surface area contributed by atoms with Crippen molar-refractivity contribution in [1.82, 2.24) is 0 Å². The molecular formula is C17H18N2O2. The molecule has 4 heteroatoms. The Labute approximate surface area is 124 Å². The molecular weight excluding hydrogens is 264 g/mol. The molecule has 0 saturated heterocycles. The van der Waals surface area contributed by atoms with E-state index < -0.39 is 0 Å². The highest BCUT2D eigenvalue weighted by Crippen LogP contribution is 2.17. The molecule has 0 fully saturated rings. The van der Waals surface area contributed by atoms with Crippen LogP contribution in [0.2, 0.25) is 0 Å². The van der Waals surface area contributed by atoms with Crippen LogP contribution in [0.3, 0.4) is 0 Å². The monoisotopic (exact) mass is 282 g/mol. The van der Waals surface area contributed by atoms with Crippen molar-refractivity contribution >= 4 is 11.6 Å². The lowest BCUT2D eigenvalue weighted by molar-refractivity contribution is -0.116. The molecule has 0 aliphatic carbocycles. The third-order valence-corrected chi connectivity index (χ3v) is 2.95. The van der Waals surface area contributed by atoms with Crippen LogP contribution in [0.15, 0.2) is 41.0 Å². The number of carbonyl (C=O) groups is 1. The van der Waals surface area contributed by atoms with Crippen LogP contribution in [-0.4, -0.2) is 12.5 Å². The van der Waals surface area contributed by atoms with Gasteiger partial charge in [-0.1, -0.05) is 17.9 Å². The zero-order valence-corrected chi connectivity index (χ0v) is 12.0. The number of hydrogen-bond acceptors (Lipinski definition) is 3. The van der Waals surface area contributed by atoms with E-state index in [0.717, 1.165) is 16.9 Å². The van der Waals surface area contributed by atoms with Crippen molar-refractivity contribution in [3.05, 3.63) is 53.5 Å². The maximum Gasteiger partial charge on any atom is 0.224 e. The minimum absolute atomic E-state index is 0.0638. The van der Waals surface area contributed by atoms with Gasteiger partial charge in [-0.3, -0.25) is 4.79 Å². The largest absolute Gasteiger partial charge is 0.469 e. The van der Waals surface area contributed by atoms with Gasteiger partial charge < -0.3 is 15.5 Å². The number of aryl methyl sites for hydroxylation is 2. The smallest absolute Gasteiger partial charge is 0.224 e. The van der Waals surface area contributed by atoms with Gasteiger partial charge in [0.15, 0.2) is 0 Å². The van der Waals surface area contributed by atoms with Crippen molar-refractivity contribution in [2.24, 2.45) is 5.73 Å². The lowest BCUT2D eigenvalue weighted by Crippen LogP contribution is -2.13. The summed E-state index contributed by atoms with van der Waals surface area (Å²) in [6, 6.07) is 9.41. The van der Waals surface area contributed by atoms with Crippen LogP contribution >= 0.6 is 0 Å². The number of amides is 1. The fourth-order valence-electron chi connectivity index (χ4n) is 1.92. The molecule has 1 amide bonds. The van der Waals surface area contributed by atoms with E-state index in [1.165, 1.54) is 0 Å². The van der Waals surface area contributed by atoms with Crippen LogP contribution in [0, 0.1) is 18.8 Å². The van der Waals surface area contributed by atoms with Gasteiger partial charge in [0.1, 0.15) is 5.76 Å². The number of carbonyl (C=O) groups excluding carboxylic acids is 1. The van der Waals surface area contributed by atoms with Gasteiger partial charge in [0.25, 0.3) is 0 Å². The van der Waals surface area contributed by atoms with Gasteiger partial charge >= 0.3 is 0 Å². The number of hydrogen-bond donors (Lipinski definition) is 2. The third kappa shape index (κ3) is 4.51. The molecule has 1 heterocycles. The van der Waals surface area contributed by atoms with Gasteiger partial charge in [-0.15, -0.1) is 0 Å². The summed E-state index contributed by atoms with van der Waals surface area (Å²) in [7, 11) is 0. The maximum atomic E-state index is 12.0. The van der Waals surface area contributed by atoms with Crippen molar-refractivity contribution in [1.29, 1.82) is 0 Å². The average molecular weight is 282 g/mol. The maximum absolute atomic E-state index is 12.0. The first kappa shape index (κ1) is 14.9. The zero-order chi connectivity index (χ0) is 15.1.